The topological polar surface area (TPSA) is 63.7 Å². The SMILES string of the molecule is CNc1ccc(SN2CCN(c3cc(C(C)(F)F)cc(Cl)n3)CC2)cc1.O=Cc1cccc(N2CC3CC2CN3)c1. The Hall–Kier alpha value is -2.92. The maximum atomic E-state index is 13.6. The molecule has 3 fully saturated rings. The van der Waals surface area contributed by atoms with Gasteiger partial charge in [-0.25, -0.2) is 18.1 Å². The molecule has 11 heteroatoms. The fraction of sp³-hybridized carbons (Fsp3) is 0.400. The number of nitrogens with zero attached hydrogens (tertiary/aromatic N) is 4. The lowest BCUT2D eigenvalue weighted by Gasteiger charge is -2.35. The first-order valence-corrected chi connectivity index (χ1v) is 14.9. The predicted molar refractivity (Wildman–Crippen MR) is 164 cm³/mol. The molecule has 0 aliphatic carbocycles. The van der Waals surface area contributed by atoms with Crippen LogP contribution in [0.15, 0.2) is 65.6 Å². The Kier molecular flexibility index (Phi) is 9.33. The Morgan fingerprint density at radius 1 is 1.10 bits per heavy atom. The van der Waals surface area contributed by atoms with Crippen molar-refractivity contribution in [3.8, 4) is 0 Å². The predicted octanol–water partition coefficient (Wildman–Crippen LogP) is 5.77. The summed E-state index contributed by atoms with van der Waals surface area (Å²) in [6.45, 7) is 6.07. The number of nitrogens with one attached hydrogen (secondary N) is 2. The third-order valence-electron chi connectivity index (χ3n) is 7.62. The van der Waals surface area contributed by atoms with E-state index in [4.69, 9.17) is 11.6 Å². The highest BCUT2D eigenvalue weighted by Gasteiger charge is 2.37. The number of piperazine rings is 2. The van der Waals surface area contributed by atoms with Crippen LogP contribution in [0.3, 0.4) is 0 Å². The molecule has 2 aromatic carbocycles. The van der Waals surface area contributed by atoms with Gasteiger partial charge in [-0.15, -0.1) is 0 Å². The van der Waals surface area contributed by atoms with E-state index in [1.807, 2.05) is 42.3 Å². The fourth-order valence-electron chi connectivity index (χ4n) is 5.39. The van der Waals surface area contributed by atoms with Gasteiger partial charge in [0.05, 0.1) is 0 Å². The summed E-state index contributed by atoms with van der Waals surface area (Å²) >= 11 is 7.65. The number of hydrogen-bond acceptors (Lipinski definition) is 8. The quantitative estimate of drug-likeness (QED) is 0.201. The Morgan fingerprint density at radius 3 is 2.46 bits per heavy atom. The largest absolute Gasteiger partial charge is 0.388 e. The van der Waals surface area contributed by atoms with Crippen LogP contribution in [-0.4, -0.2) is 74.0 Å². The average Bonchev–Trinajstić information content (AvgIpc) is 3.62. The minimum atomic E-state index is -2.93. The van der Waals surface area contributed by atoms with Crippen LogP contribution in [0.25, 0.3) is 0 Å². The van der Waals surface area contributed by atoms with E-state index in [0.29, 0.717) is 31.0 Å². The number of benzene rings is 2. The minimum absolute atomic E-state index is 0.0976. The summed E-state index contributed by atoms with van der Waals surface area (Å²) in [5.74, 6) is -2.42. The minimum Gasteiger partial charge on any atom is -0.388 e. The van der Waals surface area contributed by atoms with Crippen molar-refractivity contribution in [2.75, 3.05) is 61.4 Å². The van der Waals surface area contributed by atoms with Gasteiger partial charge in [0.2, 0.25) is 0 Å². The van der Waals surface area contributed by atoms with Crippen LogP contribution >= 0.6 is 23.5 Å². The van der Waals surface area contributed by atoms with E-state index in [1.54, 1.807) is 11.9 Å². The van der Waals surface area contributed by atoms with E-state index in [2.05, 4.69) is 43.0 Å². The van der Waals surface area contributed by atoms with E-state index in [1.165, 1.54) is 29.1 Å². The molecule has 3 aliphatic rings. The highest BCUT2D eigenvalue weighted by atomic mass is 35.5. The summed E-state index contributed by atoms with van der Waals surface area (Å²) in [6.07, 6.45) is 2.15. The number of fused-ring (bicyclic) bond motifs is 2. The van der Waals surface area contributed by atoms with Crippen LogP contribution in [0.4, 0.5) is 26.0 Å². The zero-order valence-electron chi connectivity index (χ0n) is 23.2. The normalized spacial score (nSPS) is 20.5. The summed E-state index contributed by atoms with van der Waals surface area (Å²) < 4.78 is 29.5. The van der Waals surface area contributed by atoms with Gasteiger partial charge in [-0.3, -0.25) is 4.79 Å². The number of hydrogen-bond donors (Lipinski definition) is 2. The number of halogens is 3. The van der Waals surface area contributed by atoms with Crippen molar-refractivity contribution in [3.05, 3.63) is 76.9 Å². The van der Waals surface area contributed by atoms with Crippen molar-refractivity contribution >= 4 is 47.0 Å². The van der Waals surface area contributed by atoms with E-state index >= 15 is 0 Å². The Morgan fingerprint density at radius 2 is 1.85 bits per heavy atom. The number of rotatable bonds is 7. The molecule has 0 saturated carbocycles. The lowest BCUT2D eigenvalue weighted by molar-refractivity contribution is 0.0174. The molecule has 2 atom stereocenters. The molecule has 2 N–H and O–H groups in total. The second-order valence-electron chi connectivity index (χ2n) is 10.6. The van der Waals surface area contributed by atoms with Gasteiger partial charge >= 0.3 is 0 Å². The first-order valence-electron chi connectivity index (χ1n) is 13.8. The van der Waals surface area contributed by atoms with Crippen molar-refractivity contribution in [3.63, 3.8) is 0 Å². The number of carbonyl (C=O) groups excluding carboxylic acids is 1. The maximum absolute atomic E-state index is 13.6. The molecule has 2 unspecified atom stereocenters. The number of pyridine rings is 1. The van der Waals surface area contributed by atoms with Gasteiger partial charge in [0.15, 0.2) is 0 Å². The Bertz CT molecular complexity index is 1330. The van der Waals surface area contributed by atoms with Gasteiger partial charge in [0, 0.05) is 92.7 Å². The van der Waals surface area contributed by atoms with Crippen molar-refractivity contribution in [1.82, 2.24) is 14.6 Å². The highest BCUT2D eigenvalue weighted by Crippen LogP contribution is 2.33. The third-order valence-corrected chi connectivity index (χ3v) is 8.92. The number of alkyl halides is 2. The van der Waals surface area contributed by atoms with Crippen molar-refractivity contribution in [1.29, 1.82) is 0 Å². The summed E-state index contributed by atoms with van der Waals surface area (Å²) in [7, 11) is 1.89. The Balaban J connectivity index is 0.000000189. The molecule has 0 amide bonds. The van der Waals surface area contributed by atoms with Gasteiger partial charge < -0.3 is 20.4 Å². The van der Waals surface area contributed by atoms with E-state index in [0.717, 1.165) is 50.6 Å². The molecule has 6 rings (SSSR count). The number of aromatic nitrogens is 1. The second-order valence-corrected chi connectivity index (χ2v) is 12.1. The summed E-state index contributed by atoms with van der Waals surface area (Å²) in [5.41, 5.74) is 2.93. The molecule has 3 aliphatic heterocycles. The lowest BCUT2D eigenvalue weighted by atomic mass is 10.1. The zero-order chi connectivity index (χ0) is 29.0. The van der Waals surface area contributed by atoms with Crippen LogP contribution in [0, 0.1) is 0 Å². The standard InChI is InChI=1S/C18H21ClF2N4S.C12H14N2O/c1-18(20,21)13-11-16(19)23-17(12-13)24-7-9-25(10-8-24)26-15-5-3-14(22-2)4-6-15;15-8-9-2-1-3-11(4-9)14-7-10-5-12(14)6-13-10/h3-6,11-12,22H,7-10H2,1-2H3;1-4,8,10,12-13H,5-7H2. The van der Waals surface area contributed by atoms with Crippen LogP contribution < -0.4 is 20.4 Å². The molecule has 4 heterocycles. The first-order chi connectivity index (χ1) is 19.7. The van der Waals surface area contributed by atoms with Crippen LogP contribution in [0.2, 0.25) is 5.15 Å². The molecule has 41 heavy (non-hydrogen) atoms. The van der Waals surface area contributed by atoms with Gasteiger partial charge in [-0.2, -0.15) is 0 Å². The van der Waals surface area contributed by atoms with Gasteiger partial charge in [0.25, 0.3) is 5.92 Å². The summed E-state index contributed by atoms with van der Waals surface area (Å²) in [6, 6.07) is 20.1. The molecular weight excluding hydrogens is 566 g/mol. The van der Waals surface area contributed by atoms with Crippen molar-refractivity contribution in [2.24, 2.45) is 0 Å². The first kappa shape index (κ1) is 29.6. The monoisotopic (exact) mass is 600 g/mol. The van der Waals surface area contributed by atoms with Gasteiger partial charge in [-0.1, -0.05) is 23.7 Å². The number of anilines is 3. The molecule has 3 saturated heterocycles. The molecule has 3 aromatic rings. The second kappa shape index (κ2) is 12.9. The highest BCUT2D eigenvalue weighted by molar-refractivity contribution is 7.97. The number of aldehydes is 1. The smallest absolute Gasteiger partial charge is 0.270 e. The molecule has 0 spiro atoms. The van der Waals surface area contributed by atoms with Crippen LogP contribution in [0.1, 0.15) is 29.3 Å². The van der Waals surface area contributed by atoms with E-state index < -0.39 is 5.92 Å². The van der Waals surface area contributed by atoms with Gasteiger partial charge in [-0.05, 0) is 66.9 Å². The molecule has 7 nitrogen and oxygen atoms in total. The Labute approximate surface area is 249 Å². The van der Waals surface area contributed by atoms with Crippen molar-refractivity contribution in [2.45, 2.75) is 36.2 Å². The lowest BCUT2D eigenvalue weighted by Crippen LogP contribution is -2.43. The van der Waals surface area contributed by atoms with Crippen LogP contribution in [0.5, 0.6) is 0 Å². The van der Waals surface area contributed by atoms with Crippen LogP contribution in [-0.2, 0) is 5.92 Å². The van der Waals surface area contributed by atoms with E-state index in [9.17, 15) is 13.6 Å². The summed E-state index contributed by atoms with van der Waals surface area (Å²) in [4.78, 5) is 20.5. The third kappa shape index (κ3) is 7.48. The zero-order valence-corrected chi connectivity index (χ0v) is 24.8. The molecular formula is C30H35ClF2N6OS. The van der Waals surface area contributed by atoms with E-state index in [-0.39, 0.29) is 10.7 Å². The summed E-state index contributed by atoms with van der Waals surface area (Å²) in [5, 5.41) is 6.67. The number of carbonyl (C=O) groups is 1. The molecule has 218 valence electrons. The fourth-order valence-corrected chi connectivity index (χ4v) is 6.50. The average molecular weight is 601 g/mol. The molecule has 2 bridgehead atoms. The van der Waals surface area contributed by atoms with Crippen molar-refractivity contribution < 1.29 is 13.6 Å². The molecule has 1 aromatic heterocycles. The van der Waals surface area contributed by atoms with Gasteiger partial charge in [0.1, 0.15) is 17.3 Å². The molecule has 0 radical (unpaired) electrons. The maximum Gasteiger partial charge on any atom is 0.270 e.